The monoisotopic (exact) mass is 267 g/mol. The Morgan fingerprint density at radius 2 is 2.17 bits per heavy atom. The normalized spacial score (nSPS) is 10.6. The van der Waals surface area contributed by atoms with Gasteiger partial charge in [-0.05, 0) is 44.4 Å². The van der Waals surface area contributed by atoms with E-state index in [4.69, 9.17) is 4.74 Å². The van der Waals surface area contributed by atoms with Gasteiger partial charge in [-0.25, -0.2) is 0 Å². The molecule has 0 atom stereocenters. The number of hydrogen-bond donors (Lipinski definition) is 1. The molecule has 1 aromatic rings. The molecule has 0 amide bonds. The highest BCUT2D eigenvalue weighted by molar-refractivity contribution is 7.98. The zero-order valence-electron chi connectivity index (χ0n) is 11.8. The molecule has 0 unspecified atom stereocenters. The first kappa shape index (κ1) is 15.4. The van der Waals surface area contributed by atoms with Gasteiger partial charge in [-0.2, -0.15) is 11.8 Å². The highest BCUT2D eigenvalue weighted by Gasteiger charge is 2.03. The Hall–Kier alpha value is -0.670. The van der Waals surface area contributed by atoms with Crippen LogP contribution in [0.15, 0.2) is 18.2 Å². The second kappa shape index (κ2) is 9.29. The van der Waals surface area contributed by atoms with Crippen LogP contribution < -0.4 is 10.1 Å². The van der Waals surface area contributed by atoms with E-state index in [0.717, 1.165) is 44.0 Å². The molecular formula is C15H25NOS. The maximum atomic E-state index is 5.87. The van der Waals surface area contributed by atoms with Crippen LogP contribution in [0.5, 0.6) is 5.75 Å². The van der Waals surface area contributed by atoms with Gasteiger partial charge in [-0.3, -0.25) is 0 Å². The van der Waals surface area contributed by atoms with Gasteiger partial charge in [-0.15, -0.1) is 0 Å². The van der Waals surface area contributed by atoms with Crippen molar-refractivity contribution in [2.45, 2.75) is 33.2 Å². The molecule has 1 aromatic carbocycles. The van der Waals surface area contributed by atoms with Crippen molar-refractivity contribution < 1.29 is 4.74 Å². The Balaban J connectivity index is 2.52. The molecule has 0 aliphatic heterocycles. The molecule has 0 aliphatic carbocycles. The van der Waals surface area contributed by atoms with E-state index >= 15 is 0 Å². The minimum atomic E-state index is 0.810. The van der Waals surface area contributed by atoms with Crippen LogP contribution in [-0.2, 0) is 6.54 Å². The molecule has 2 nitrogen and oxygen atoms in total. The molecule has 0 heterocycles. The predicted molar refractivity (Wildman–Crippen MR) is 81.7 cm³/mol. The summed E-state index contributed by atoms with van der Waals surface area (Å²) < 4.78 is 5.87. The van der Waals surface area contributed by atoms with Crippen molar-refractivity contribution in [1.82, 2.24) is 5.32 Å². The summed E-state index contributed by atoms with van der Waals surface area (Å²) in [6.07, 6.45) is 4.40. The minimum absolute atomic E-state index is 0.810. The fourth-order valence-electron chi connectivity index (χ4n) is 1.77. The Kier molecular flexibility index (Phi) is 7.94. The number of ether oxygens (including phenoxy) is 1. The zero-order valence-corrected chi connectivity index (χ0v) is 12.6. The smallest absolute Gasteiger partial charge is 0.123 e. The lowest BCUT2D eigenvalue weighted by Gasteiger charge is -2.13. The molecule has 0 saturated carbocycles. The summed E-state index contributed by atoms with van der Waals surface area (Å²) >= 11 is 1.87. The molecule has 3 heteroatoms. The average Bonchev–Trinajstić information content (AvgIpc) is 2.37. The van der Waals surface area contributed by atoms with Crippen molar-refractivity contribution in [1.29, 1.82) is 0 Å². The number of rotatable bonds is 9. The van der Waals surface area contributed by atoms with Crippen LogP contribution >= 0.6 is 11.8 Å². The Morgan fingerprint density at radius 1 is 1.33 bits per heavy atom. The Bertz CT molecular complexity index is 341. The molecule has 0 bridgehead atoms. The second-order valence-corrected chi connectivity index (χ2v) is 5.47. The number of hydrogen-bond acceptors (Lipinski definition) is 3. The lowest BCUT2D eigenvalue weighted by atomic mass is 10.1. The van der Waals surface area contributed by atoms with Crippen molar-refractivity contribution in [2.24, 2.45) is 0 Å². The van der Waals surface area contributed by atoms with Crippen LogP contribution in [0.4, 0.5) is 0 Å². The van der Waals surface area contributed by atoms with E-state index < -0.39 is 0 Å². The van der Waals surface area contributed by atoms with Gasteiger partial charge in [-0.1, -0.05) is 24.6 Å². The molecule has 0 saturated heterocycles. The Labute approximate surface area is 116 Å². The summed E-state index contributed by atoms with van der Waals surface area (Å²) in [5, 5.41) is 3.44. The van der Waals surface area contributed by atoms with Crippen molar-refractivity contribution in [3.05, 3.63) is 29.3 Å². The van der Waals surface area contributed by atoms with E-state index in [9.17, 15) is 0 Å². The van der Waals surface area contributed by atoms with Gasteiger partial charge >= 0.3 is 0 Å². The second-order valence-electron chi connectivity index (χ2n) is 4.48. The van der Waals surface area contributed by atoms with Gasteiger partial charge in [0, 0.05) is 12.1 Å². The maximum absolute atomic E-state index is 5.87. The maximum Gasteiger partial charge on any atom is 0.123 e. The van der Waals surface area contributed by atoms with Gasteiger partial charge < -0.3 is 10.1 Å². The van der Waals surface area contributed by atoms with E-state index in [2.05, 4.69) is 43.6 Å². The van der Waals surface area contributed by atoms with E-state index in [1.165, 1.54) is 11.1 Å². The van der Waals surface area contributed by atoms with Crippen molar-refractivity contribution in [2.75, 3.05) is 25.2 Å². The molecule has 102 valence electrons. The first-order valence-corrected chi connectivity index (χ1v) is 8.09. The van der Waals surface area contributed by atoms with Crippen molar-refractivity contribution in [3.63, 3.8) is 0 Å². The first-order chi connectivity index (χ1) is 8.77. The summed E-state index contributed by atoms with van der Waals surface area (Å²) in [5.74, 6) is 2.19. The van der Waals surface area contributed by atoms with Crippen LogP contribution in [-0.4, -0.2) is 25.2 Å². The standard InChI is InChI=1S/C15H25NOS/c1-4-8-16-12-14-11-13(2)6-7-15(14)17-9-5-10-18-3/h6-7,11,16H,4-5,8-10,12H2,1-3H3. The Morgan fingerprint density at radius 3 is 2.89 bits per heavy atom. The van der Waals surface area contributed by atoms with Crippen molar-refractivity contribution >= 4 is 11.8 Å². The van der Waals surface area contributed by atoms with Gasteiger partial charge in [0.1, 0.15) is 5.75 Å². The molecule has 0 spiro atoms. The molecule has 0 radical (unpaired) electrons. The first-order valence-electron chi connectivity index (χ1n) is 6.70. The van der Waals surface area contributed by atoms with E-state index in [-0.39, 0.29) is 0 Å². The van der Waals surface area contributed by atoms with Crippen LogP contribution in [0.2, 0.25) is 0 Å². The van der Waals surface area contributed by atoms with E-state index in [0.29, 0.717) is 0 Å². The van der Waals surface area contributed by atoms with Gasteiger partial charge in [0.2, 0.25) is 0 Å². The third kappa shape index (κ3) is 5.78. The molecule has 18 heavy (non-hydrogen) atoms. The fourth-order valence-corrected chi connectivity index (χ4v) is 2.18. The number of aryl methyl sites for hydroxylation is 1. The van der Waals surface area contributed by atoms with Crippen LogP contribution in [0.1, 0.15) is 30.9 Å². The molecule has 1 N–H and O–H groups in total. The summed E-state index contributed by atoms with van der Waals surface area (Å²) in [7, 11) is 0. The summed E-state index contributed by atoms with van der Waals surface area (Å²) in [4.78, 5) is 0. The van der Waals surface area contributed by atoms with Crippen LogP contribution in [0, 0.1) is 6.92 Å². The van der Waals surface area contributed by atoms with Crippen LogP contribution in [0.25, 0.3) is 0 Å². The quantitative estimate of drug-likeness (QED) is 0.690. The van der Waals surface area contributed by atoms with Gasteiger partial charge in [0.25, 0.3) is 0 Å². The van der Waals surface area contributed by atoms with Crippen molar-refractivity contribution in [3.8, 4) is 5.75 Å². The highest BCUT2D eigenvalue weighted by Crippen LogP contribution is 2.20. The number of benzene rings is 1. The lowest BCUT2D eigenvalue weighted by Crippen LogP contribution is -2.15. The molecule has 0 aliphatic rings. The third-order valence-corrected chi connectivity index (χ3v) is 3.41. The molecule has 0 aromatic heterocycles. The summed E-state index contributed by atoms with van der Waals surface area (Å²) in [6, 6.07) is 6.43. The van der Waals surface area contributed by atoms with E-state index in [1.807, 2.05) is 11.8 Å². The van der Waals surface area contributed by atoms with Crippen LogP contribution in [0.3, 0.4) is 0 Å². The summed E-state index contributed by atoms with van der Waals surface area (Å²) in [6.45, 7) is 7.07. The fraction of sp³-hybridized carbons (Fsp3) is 0.600. The number of thioether (sulfide) groups is 1. The molecule has 1 rings (SSSR count). The van der Waals surface area contributed by atoms with Gasteiger partial charge in [0.05, 0.1) is 6.61 Å². The lowest BCUT2D eigenvalue weighted by molar-refractivity contribution is 0.314. The minimum Gasteiger partial charge on any atom is -0.493 e. The topological polar surface area (TPSA) is 21.3 Å². The SMILES string of the molecule is CCCNCc1cc(C)ccc1OCCCSC. The predicted octanol–water partition coefficient (Wildman–Crippen LogP) is 3.63. The number of nitrogens with one attached hydrogen (secondary N) is 1. The van der Waals surface area contributed by atoms with E-state index in [1.54, 1.807) is 0 Å². The summed E-state index contributed by atoms with van der Waals surface area (Å²) in [5.41, 5.74) is 2.56. The molecular weight excluding hydrogens is 242 g/mol. The van der Waals surface area contributed by atoms with Gasteiger partial charge in [0.15, 0.2) is 0 Å². The largest absolute Gasteiger partial charge is 0.493 e. The third-order valence-electron chi connectivity index (χ3n) is 2.71. The zero-order chi connectivity index (χ0) is 13.2. The average molecular weight is 267 g/mol. The molecule has 0 fully saturated rings. The highest BCUT2D eigenvalue weighted by atomic mass is 32.2.